The number of carbonyl (C=O) groups is 1. The van der Waals surface area contributed by atoms with Crippen molar-refractivity contribution in [3.05, 3.63) is 17.5 Å². The summed E-state index contributed by atoms with van der Waals surface area (Å²) in [5, 5.41) is 12.1. The number of nitrogens with zero attached hydrogens (tertiary/aromatic N) is 1. The maximum Gasteiger partial charge on any atom is 0.358 e. The Morgan fingerprint density at radius 2 is 2.44 bits per heavy atom. The summed E-state index contributed by atoms with van der Waals surface area (Å²) in [5.74, 6) is 0.800. The van der Waals surface area contributed by atoms with Gasteiger partial charge in [-0.15, -0.1) is 0 Å². The normalized spacial score (nSPS) is 24.1. The van der Waals surface area contributed by atoms with Crippen LogP contribution in [-0.2, 0) is 11.3 Å². The molecule has 100 valence electrons. The van der Waals surface area contributed by atoms with Gasteiger partial charge in [-0.25, -0.2) is 4.79 Å². The molecule has 1 heterocycles. The maximum absolute atomic E-state index is 10.6. The lowest BCUT2D eigenvalue weighted by Crippen LogP contribution is -2.18. The van der Waals surface area contributed by atoms with Crippen LogP contribution in [0.25, 0.3) is 0 Å². The Kier molecular flexibility index (Phi) is 4.36. The van der Waals surface area contributed by atoms with Crippen molar-refractivity contribution < 1.29 is 19.2 Å². The van der Waals surface area contributed by atoms with E-state index in [9.17, 15) is 4.79 Å². The first kappa shape index (κ1) is 13.1. The number of hydrogen-bond donors (Lipinski definition) is 1. The quantitative estimate of drug-likeness (QED) is 0.873. The summed E-state index contributed by atoms with van der Waals surface area (Å²) in [7, 11) is 0. The molecular formula is C13H19NO4. The van der Waals surface area contributed by atoms with E-state index in [1.165, 1.54) is 31.7 Å². The fourth-order valence-electron chi connectivity index (χ4n) is 2.52. The Morgan fingerprint density at radius 3 is 3.11 bits per heavy atom. The van der Waals surface area contributed by atoms with Crippen LogP contribution in [0, 0.1) is 11.8 Å². The fraction of sp³-hybridized carbons (Fsp3) is 0.692. The summed E-state index contributed by atoms with van der Waals surface area (Å²) in [4.78, 5) is 10.6. The molecule has 2 rings (SSSR count). The van der Waals surface area contributed by atoms with Crippen molar-refractivity contribution in [2.45, 2.75) is 39.2 Å². The zero-order valence-electron chi connectivity index (χ0n) is 10.6. The SMILES string of the molecule is CC1CCCC(COCc2cc(C(=O)O)no2)C1. The highest BCUT2D eigenvalue weighted by molar-refractivity contribution is 5.85. The molecule has 18 heavy (non-hydrogen) atoms. The minimum Gasteiger partial charge on any atom is -0.476 e. The summed E-state index contributed by atoms with van der Waals surface area (Å²) in [6.07, 6.45) is 5.04. The summed E-state index contributed by atoms with van der Waals surface area (Å²) in [6.45, 7) is 3.29. The second-order valence-corrected chi connectivity index (χ2v) is 5.14. The minimum absolute atomic E-state index is 0.0695. The molecule has 0 radical (unpaired) electrons. The lowest BCUT2D eigenvalue weighted by Gasteiger charge is -2.26. The zero-order valence-corrected chi connectivity index (χ0v) is 10.6. The first-order valence-electron chi connectivity index (χ1n) is 6.41. The summed E-state index contributed by atoms with van der Waals surface area (Å²) in [5.41, 5.74) is -0.0695. The summed E-state index contributed by atoms with van der Waals surface area (Å²) in [6, 6.07) is 1.41. The van der Waals surface area contributed by atoms with Crippen molar-refractivity contribution in [3.63, 3.8) is 0 Å². The smallest absolute Gasteiger partial charge is 0.358 e. The molecule has 0 saturated heterocycles. The third-order valence-corrected chi connectivity index (χ3v) is 3.42. The number of aromatic carboxylic acids is 1. The molecule has 0 spiro atoms. The van der Waals surface area contributed by atoms with Crippen LogP contribution >= 0.6 is 0 Å². The van der Waals surface area contributed by atoms with Gasteiger partial charge < -0.3 is 14.4 Å². The first-order chi connectivity index (χ1) is 8.65. The fourth-order valence-corrected chi connectivity index (χ4v) is 2.52. The van der Waals surface area contributed by atoms with Crippen molar-refractivity contribution in [1.82, 2.24) is 5.16 Å². The molecule has 5 nitrogen and oxygen atoms in total. The Hall–Kier alpha value is -1.36. The van der Waals surface area contributed by atoms with Crippen LogP contribution in [0.1, 0.15) is 48.9 Å². The standard InChI is InChI=1S/C13H19NO4/c1-9-3-2-4-10(5-9)7-17-8-11-6-12(13(15)16)14-18-11/h6,9-10H,2-5,7-8H2,1H3,(H,15,16). The predicted octanol–water partition coefficient (Wildman–Crippen LogP) is 2.72. The van der Waals surface area contributed by atoms with Gasteiger partial charge in [0.2, 0.25) is 0 Å². The van der Waals surface area contributed by atoms with Gasteiger partial charge in [0.15, 0.2) is 11.5 Å². The Labute approximate surface area is 106 Å². The molecule has 1 aromatic heterocycles. The van der Waals surface area contributed by atoms with E-state index in [1.54, 1.807) is 0 Å². The van der Waals surface area contributed by atoms with Gasteiger partial charge in [0, 0.05) is 6.07 Å². The lowest BCUT2D eigenvalue weighted by atomic mass is 9.83. The van der Waals surface area contributed by atoms with Crippen molar-refractivity contribution in [2.24, 2.45) is 11.8 Å². The van der Waals surface area contributed by atoms with E-state index in [4.69, 9.17) is 14.4 Å². The predicted molar refractivity (Wildman–Crippen MR) is 64.2 cm³/mol. The molecule has 1 aliphatic rings. The van der Waals surface area contributed by atoms with Gasteiger partial charge in [-0.2, -0.15) is 0 Å². The molecule has 1 aliphatic carbocycles. The molecule has 1 N–H and O–H groups in total. The van der Waals surface area contributed by atoms with E-state index < -0.39 is 5.97 Å². The van der Waals surface area contributed by atoms with Crippen LogP contribution in [0.2, 0.25) is 0 Å². The van der Waals surface area contributed by atoms with E-state index >= 15 is 0 Å². The van der Waals surface area contributed by atoms with E-state index in [-0.39, 0.29) is 5.69 Å². The minimum atomic E-state index is -1.08. The summed E-state index contributed by atoms with van der Waals surface area (Å²) < 4.78 is 10.5. The average Bonchev–Trinajstić information content (AvgIpc) is 2.78. The highest BCUT2D eigenvalue weighted by Gasteiger charge is 2.19. The molecule has 1 fully saturated rings. The van der Waals surface area contributed by atoms with Crippen molar-refractivity contribution in [3.8, 4) is 0 Å². The Bertz CT molecular complexity index is 401. The second-order valence-electron chi connectivity index (χ2n) is 5.14. The van der Waals surface area contributed by atoms with E-state index in [0.717, 1.165) is 5.92 Å². The van der Waals surface area contributed by atoms with E-state index in [2.05, 4.69) is 12.1 Å². The van der Waals surface area contributed by atoms with Crippen LogP contribution in [0.4, 0.5) is 0 Å². The third kappa shape index (κ3) is 3.57. The van der Waals surface area contributed by atoms with Crippen LogP contribution in [-0.4, -0.2) is 22.8 Å². The van der Waals surface area contributed by atoms with Crippen molar-refractivity contribution >= 4 is 5.97 Å². The topological polar surface area (TPSA) is 72.6 Å². The molecule has 2 atom stereocenters. The van der Waals surface area contributed by atoms with Crippen LogP contribution in [0.5, 0.6) is 0 Å². The Morgan fingerprint density at radius 1 is 1.61 bits per heavy atom. The van der Waals surface area contributed by atoms with Crippen LogP contribution in [0.15, 0.2) is 10.6 Å². The average molecular weight is 253 g/mol. The number of ether oxygens (including phenoxy) is 1. The third-order valence-electron chi connectivity index (χ3n) is 3.42. The molecule has 0 aliphatic heterocycles. The number of rotatable bonds is 5. The molecule has 2 unspecified atom stereocenters. The van der Waals surface area contributed by atoms with Gasteiger partial charge in [-0.1, -0.05) is 24.9 Å². The molecule has 5 heteroatoms. The van der Waals surface area contributed by atoms with E-state index in [0.29, 0.717) is 24.9 Å². The van der Waals surface area contributed by atoms with Gasteiger partial charge in [0.05, 0.1) is 6.61 Å². The van der Waals surface area contributed by atoms with Gasteiger partial charge in [-0.05, 0) is 24.7 Å². The first-order valence-corrected chi connectivity index (χ1v) is 6.41. The van der Waals surface area contributed by atoms with Gasteiger partial charge >= 0.3 is 5.97 Å². The zero-order chi connectivity index (χ0) is 13.0. The van der Waals surface area contributed by atoms with Gasteiger partial charge in [0.1, 0.15) is 6.61 Å². The van der Waals surface area contributed by atoms with Crippen molar-refractivity contribution in [1.29, 1.82) is 0 Å². The monoisotopic (exact) mass is 253 g/mol. The lowest BCUT2D eigenvalue weighted by molar-refractivity contribution is 0.0536. The second kappa shape index (κ2) is 6.00. The highest BCUT2D eigenvalue weighted by Crippen LogP contribution is 2.28. The Balaban J connectivity index is 1.72. The highest BCUT2D eigenvalue weighted by atomic mass is 16.5. The molecule has 0 bridgehead atoms. The molecule has 1 saturated carbocycles. The van der Waals surface area contributed by atoms with E-state index in [1.807, 2.05) is 0 Å². The molecule has 0 aromatic carbocycles. The number of carboxylic acid groups (broad SMARTS) is 1. The maximum atomic E-state index is 10.6. The molecule has 0 amide bonds. The summed E-state index contributed by atoms with van der Waals surface area (Å²) >= 11 is 0. The largest absolute Gasteiger partial charge is 0.476 e. The van der Waals surface area contributed by atoms with Crippen molar-refractivity contribution in [2.75, 3.05) is 6.61 Å². The van der Waals surface area contributed by atoms with Crippen LogP contribution < -0.4 is 0 Å². The van der Waals surface area contributed by atoms with Gasteiger partial charge in [-0.3, -0.25) is 0 Å². The number of hydrogen-bond acceptors (Lipinski definition) is 4. The number of aromatic nitrogens is 1. The number of carboxylic acids is 1. The van der Waals surface area contributed by atoms with Crippen LogP contribution in [0.3, 0.4) is 0 Å². The molecular weight excluding hydrogens is 234 g/mol. The molecule has 1 aromatic rings. The van der Waals surface area contributed by atoms with Gasteiger partial charge in [0.25, 0.3) is 0 Å².